The minimum atomic E-state index is -7.22. The number of halogens is 20. The van der Waals surface area contributed by atoms with Crippen LogP contribution in [0.1, 0.15) is 19.0 Å². The number of rotatable bonds is 11. The minimum Gasteiger partial charge on any atom is -0.309 e. The van der Waals surface area contributed by atoms with Crippen LogP contribution in [0, 0.1) is 128 Å². The molecule has 0 saturated heterocycles. The zero-order valence-electron chi connectivity index (χ0n) is 33.1. The van der Waals surface area contributed by atoms with Gasteiger partial charge in [0.1, 0.15) is 52.7 Å². The molecule has 65 heavy (non-hydrogen) atoms. The number of nitriles is 1. The van der Waals surface area contributed by atoms with Crippen LogP contribution < -0.4 is 21.9 Å². The number of nitrogens with zero attached hydrogens (tertiary/aromatic N) is 4. The maximum atomic E-state index is 15.4. The Morgan fingerprint density at radius 3 is 0.938 bits per heavy atom. The molecule has 0 aliphatic carbocycles. The zero-order chi connectivity index (χ0) is 48.9. The van der Waals surface area contributed by atoms with Gasteiger partial charge in [0.05, 0.1) is 6.07 Å². The number of hydrogen-bond acceptors (Lipinski definition) is 4. The number of likely N-dealkylation sites (N-methyl/N-ethyl adjacent to an activating group) is 1. The van der Waals surface area contributed by atoms with Gasteiger partial charge in [0.25, 0.3) is 0 Å². The summed E-state index contributed by atoms with van der Waals surface area (Å²) in [5.41, 5.74) is -13.1. The van der Waals surface area contributed by atoms with Crippen LogP contribution in [0.4, 0.5) is 87.8 Å². The molecular weight excluding hydrogens is 979 g/mol. The molecule has 0 spiro atoms. The first-order chi connectivity index (χ1) is 29.8. The fourth-order valence-corrected chi connectivity index (χ4v) is 6.49. The largest absolute Gasteiger partial charge is 1.00 e. The molecule has 0 unspecified atom stereocenters. The third-order valence-corrected chi connectivity index (χ3v) is 9.33. The normalized spacial score (nSPS) is 11.2. The van der Waals surface area contributed by atoms with Crippen molar-refractivity contribution in [3.63, 3.8) is 0 Å². The molecule has 0 fully saturated rings. The van der Waals surface area contributed by atoms with E-state index in [4.69, 9.17) is 5.26 Å². The second kappa shape index (κ2) is 22.7. The van der Waals surface area contributed by atoms with Crippen LogP contribution in [0.3, 0.4) is 0 Å². The van der Waals surface area contributed by atoms with Crippen LogP contribution in [0.25, 0.3) is 0 Å². The van der Waals surface area contributed by atoms with Crippen LogP contribution in [0.15, 0.2) is 24.4 Å². The van der Waals surface area contributed by atoms with E-state index in [0.717, 1.165) is 26.1 Å². The van der Waals surface area contributed by atoms with Crippen molar-refractivity contribution >= 4 is 28.0 Å². The standard InChI is InChI=1S/C24BF20.C13H23N3.C2H3N.Cu/c26-5-1(6(27)14(35)21(42)13(5)34)25(2-7(28)15(36)22(43)16(37)8(2)29,3-9(30)17(38)23(44)18(39)10(3)31)4-11(32)19(40)24(45)20(41)12(4)33;1-15(2)10-6-11-16(3)12-8-13-7-4-5-9-14-13;1-2-3;/h;4-5,7,9H,6,8,10-12H2,1-3H3;1H3;/q-1;;;+1. The van der Waals surface area contributed by atoms with Crippen LogP contribution >= 0.6 is 0 Å². The molecule has 0 amide bonds. The Morgan fingerprint density at radius 1 is 0.446 bits per heavy atom. The summed E-state index contributed by atoms with van der Waals surface area (Å²) in [4.78, 5) is 8.93. The average Bonchev–Trinajstić information content (AvgIpc) is 3.26. The molecule has 356 valence electrons. The summed E-state index contributed by atoms with van der Waals surface area (Å²) in [5.74, 6) is -71.4. The molecule has 4 nitrogen and oxygen atoms in total. The van der Waals surface area contributed by atoms with E-state index in [0.29, 0.717) is 0 Å². The van der Waals surface area contributed by atoms with E-state index in [2.05, 4.69) is 42.0 Å². The fourth-order valence-electron chi connectivity index (χ4n) is 6.49. The molecule has 0 aliphatic heterocycles. The van der Waals surface area contributed by atoms with Gasteiger partial charge < -0.3 is 9.80 Å². The molecule has 1 heterocycles. The van der Waals surface area contributed by atoms with Gasteiger partial charge in [0, 0.05) is 31.8 Å². The quantitative estimate of drug-likeness (QED) is 0.0586. The van der Waals surface area contributed by atoms with E-state index >= 15 is 35.1 Å². The molecule has 26 heteroatoms. The summed E-state index contributed by atoms with van der Waals surface area (Å²) in [6.45, 7) is 4.84. The molecule has 0 aliphatic rings. The van der Waals surface area contributed by atoms with Crippen molar-refractivity contribution in [3.05, 3.63) is 146 Å². The van der Waals surface area contributed by atoms with Crippen molar-refractivity contribution < 1.29 is 105 Å². The Hall–Kier alpha value is -5.38. The third kappa shape index (κ3) is 10.5. The van der Waals surface area contributed by atoms with Crippen LogP contribution in [-0.4, -0.2) is 61.7 Å². The van der Waals surface area contributed by atoms with Crippen molar-refractivity contribution in [1.82, 2.24) is 14.8 Å². The van der Waals surface area contributed by atoms with Gasteiger partial charge in [-0.25, -0.2) is 87.8 Å². The number of pyridine rings is 1. The topological polar surface area (TPSA) is 43.2 Å². The maximum absolute atomic E-state index is 15.4. The van der Waals surface area contributed by atoms with E-state index < -0.39 is 144 Å². The molecule has 0 atom stereocenters. The number of aromatic nitrogens is 1. The van der Waals surface area contributed by atoms with E-state index in [1.165, 1.54) is 19.0 Å². The monoisotopic (exact) mass is 1000 g/mol. The van der Waals surface area contributed by atoms with Crippen LogP contribution in [0.2, 0.25) is 0 Å². The summed E-state index contributed by atoms with van der Waals surface area (Å²) in [6, 6.07) is 7.85. The van der Waals surface area contributed by atoms with Crippen LogP contribution in [0.5, 0.6) is 0 Å². The molecular formula is C39H26BCuF20N4. The molecule has 1 aromatic heterocycles. The van der Waals surface area contributed by atoms with Gasteiger partial charge in [-0.2, -0.15) is 5.26 Å². The first-order valence-electron chi connectivity index (χ1n) is 17.6. The van der Waals surface area contributed by atoms with Gasteiger partial charge >= 0.3 is 17.1 Å². The van der Waals surface area contributed by atoms with Crippen molar-refractivity contribution in [2.45, 2.75) is 19.8 Å². The van der Waals surface area contributed by atoms with Gasteiger partial charge in [0.15, 0.2) is 69.8 Å². The van der Waals surface area contributed by atoms with E-state index in [1.807, 2.05) is 18.3 Å². The average molecular weight is 1000 g/mol. The summed E-state index contributed by atoms with van der Waals surface area (Å²) in [7, 11) is 6.42. The van der Waals surface area contributed by atoms with Crippen molar-refractivity contribution in [2.24, 2.45) is 0 Å². The Labute approximate surface area is 365 Å². The first-order valence-corrected chi connectivity index (χ1v) is 17.6. The summed E-state index contributed by atoms with van der Waals surface area (Å²) in [6.07, 6.45) is -3.09. The Kier molecular flexibility index (Phi) is 19.5. The van der Waals surface area contributed by atoms with Gasteiger partial charge in [-0.3, -0.25) is 4.98 Å². The van der Waals surface area contributed by atoms with Crippen molar-refractivity contribution in [3.8, 4) is 6.07 Å². The molecule has 0 N–H and O–H groups in total. The zero-order valence-corrected chi connectivity index (χ0v) is 34.0. The predicted octanol–water partition coefficient (Wildman–Crippen LogP) is 7.88. The van der Waals surface area contributed by atoms with Gasteiger partial charge in [0.2, 0.25) is 0 Å². The first kappa shape index (κ1) is 55.8. The molecule has 5 rings (SSSR count). The smallest absolute Gasteiger partial charge is 0.309 e. The molecule has 0 bridgehead atoms. The molecule has 5 aromatic rings. The maximum Gasteiger partial charge on any atom is 1.00 e. The van der Waals surface area contributed by atoms with Gasteiger partial charge in [-0.05, 0) is 52.8 Å². The SMILES string of the molecule is CC#N.CN(C)CCCN(C)CCc1ccccn1.Fc1c(F)c(F)c([B-](c2c(F)c(F)c(F)c(F)c2F)(c2c(F)c(F)c(F)c(F)c2F)c2c(F)c(F)c(F)c(F)c2F)c(F)c1F.[Cu+]. The second-order valence-corrected chi connectivity index (χ2v) is 13.6. The second-order valence-electron chi connectivity index (χ2n) is 13.6. The Balaban J connectivity index is 0.000000607. The van der Waals surface area contributed by atoms with E-state index in [9.17, 15) is 52.7 Å². The van der Waals surface area contributed by atoms with Gasteiger partial charge in [-0.1, -0.05) is 6.07 Å². The van der Waals surface area contributed by atoms with Crippen molar-refractivity contribution in [2.75, 3.05) is 40.8 Å². The summed E-state index contributed by atoms with van der Waals surface area (Å²) < 4.78 is 294. The minimum absolute atomic E-state index is 0. The van der Waals surface area contributed by atoms with E-state index in [-0.39, 0.29) is 17.1 Å². The summed E-state index contributed by atoms with van der Waals surface area (Å²) in [5, 5.41) is 7.32. The fraction of sp³-hybridized carbons (Fsp3) is 0.231. The van der Waals surface area contributed by atoms with E-state index in [1.54, 1.807) is 6.07 Å². The van der Waals surface area contributed by atoms with Gasteiger partial charge in [-0.15, -0.1) is 21.9 Å². The van der Waals surface area contributed by atoms with Crippen LogP contribution in [-0.2, 0) is 23.5 Å². The molecule has 0 radical (unpaired) electrons. The Morgan fingerprint density at radius 2 is 0.708 bits per heavy atom. The molecule has 4 aromatic carbocycles. The number of hydrogen-bond donors (Lipinski definition) is 0. The number of benzene rings is 4. The predicted molar refractivity (Wildman–Crippen MR) is 189 cm³/mol. The molecule has 0 saturated carbocycles. The summed E-state index contributed by atoms with van der Waals surface area (Å²) >= 11 is 0. The third-order valence-electron chi connectivity index (χ3n) is 9.33. The van der Waals surface area contributed by atoms with Crippen molar-refractivity contribution in [1.29, 1.82) is 5.26 Å². The Bertz CT molecular complexity index is 2190.